The van der Waals surface area contributed by atoms with Crippen molar-refractivity contribution in [1.82, 2.24) is 20.2 Å². The standard InChI is InChI=1S/C8H10N4O4/c1-5-6(16-8(13)15-5)3-12-7(4-14-2)9-10-11-12/h3-4H2,1-2H3. The van der Waals surface area contributed by atoms with Crippen LogP contribution in [-0.4, -0.2) is 27.3 Å². The number of tetrazole rings is 1. The Morgan fingerprint density at radius 2 is 2.25 bits per heavy atom. The largest absolute Gasteiger partial charge is 0.519 e. The average molecular weight is 226 g/mol. The Hall–Kier alpha value is -1.96. The Balaban J connectivity index is 2.23. The first kappa shape index (κ1) is 10.6. The first-order valence-electron chi connectivity index (χ1n) is 4.54. The SMILES string of the molecule is COCc1nnnn1Cc1oc(=O)oc1C. The predicted octanol–water partition coefficient (Wildman–Crippen LogP) is -0.278. The number of methoxy groups -OCH3 is 1. The second-order valence-corrected chi connectivity index (χ2v) is 3.12. The van der Waals surface area contributed by atoms with E-state index < -0.39 is 5.82 Å². The smallest absolute Gasteiger partial charge is 0.396 e. The lowest BCUT2D eigenvalue weighted by Crippen LogP contribution is -2.08. The Morgan fingerprint density at radius 1 is 1.44 bits per heavy atom. The fraction of sp³-hybridized carbons (Fsp3) is 0.500. The molecule has 2 aromatic heterocycles. The zero-order valence-electron chi connectivity index (χ0n) is 8.84. The van der Waals surface area contributed by atoms with Crippen molar-refractivity contribution < 1.29 is 13.6 Å². The minimum absolute atomic E-state index is 0.239. The van der Waals surface area contributed by atoms with Gasteiger partial charge in [-0.25, -0.2) is 9.48 Å². The van der Waals surface area contributed by atoms with Gasteiger partial charge in [0.1, 0.15) is 18.9 Å². The fourth-order valence-electron chi connectivity index (χ4n) is 1.23. The monoisotopic (exact) mass is 226 g/mol. The van der Waals surface area contributed by atoms with E-state index in [4.69, 9.17) is 13.6 Å². The van der Waals surface area contributed by atoms with E-state index in [0.29, 0.717) is 17.3 Å². The van der Waals surface area contributed by atoms with Crippen molar-refractivity contribution in [3.05, 3.63) is 28.0 Å². The molecule has 16 heavy (non-hydrogen) atoms. The molecule has 0 aliphatic heterocycles. The normalized spacial score (nSPS) is 10.9. The molecule has 8 heteroatoms. The van der Waals surface area contributed by atoms with Crippen LogP contribution >= 0.6 is 0 Å². The Bertz CT molecular complexity index is 526. The van der Waals surface area contributed by atoms with E-state index in [1.165, 1.54) is 4.68 Å². The quantitative estimate of drug-likeness (QED) is 0.707. The zero-order valence-corrected chi connectivity index (χ0v) is 8.84. The first-order valence-corrected chi connectivity index (χ1v) is 4.54. The van der Waals surface area contributed by atoms with Crippen LogP contribution in [0.3, 0.4) is 0 Å². The molecule has 0 aliphatic rings. The molecule has 0 aliphatic carbocycles. The van der Waals surface area contributed by atoms with Crippen LogP contribution in [0.2, 0.25) is 0 Å². The highest BCUT2D eigenvalue weighted by Gasteiger charge is 2.13. The van der Waals surface area contributed by atoms with E-state index >= 15 is 0 Å². The summed E-state index contributed by atoms with van der Waals surface area (Å²) in [6.07, 6.45) is 0. The van der Waals surface area contributed by atoms with Crippen LogP contribution in [0, 0.1) is 6.92 Å². The second kappa shape index (κ2) is 4.27. The summed E-state index contributed by atoms with van der Waals surface area (Å²) in [6, 6.07) is 0. The van der Waals surface area contributed by atoms with Crippen molar-refractivity contribution in [3.63, 3.8) is 0 Å². The third-order valence-electron chi connectivity index (χ3n) is 2.01. The number of aryl methyl sites for hydroxylation is 1. The van der Waals surface area contributed by atoms with Crippen LogP contribution in [0.1, 0.15) is 17.3 Å². The highest BCUT2D eigenvalue weighted by molar-refractivity contribution is 5.01. The molecule has 0 radical (unpaired) electrons. The number of nitrogens with zero attached hydrogens (tertiary/aromatic N) is 4. The van der Waals surface area contributed by atoms with Crippen LogP contribution in [0.4, 0.5) is 0 Å². The van der Waals surface area contributed by atoms with E-state index in [0.717, 1.165) is 0 Å². The Labute approximate surface area is 89.8 Å². The summed E-state index contributed by atoms with van der Waals surface area (Å²) in [7, 11) is 1.54. The average Bonchev–Trinajstić information content (AvgIpc) is 2.77. The van der Waals surface area contributed by atoms with Crippen LogP contribution in [0.15, 0.2) is 13.6 Å². The third-order valence-corrected chi connectivity index (χ3v) is 2.01. The van der Waals surface area contributed by atoms with Crippen LogP contribution in [-0.2, 0) is 17.9 Å². The molecule has 0 saturated heterocycles. The van der Waals surface area contributed by atoms with Gasteiger partial charge in [-0.3, -0.25) is 0 Å². The van der Waals surface area contributed by atoms with Crippen LogP contribution in [0.5, 0.6) is 0 Å². The van der Waals surface area contributed by atoms with Gasteiger partial charge in [0.2, 0.25) is 0 Å². The van der Waals surface area contributed by atoms with Gasteiger partial charge in [-0.05, 0) is 17.4 Å². The molecule has 86 valence electrons. The van der Waals surface area contributed by atoms with E-state index in [1.54, 1.807) is 14.0 Å². The Morgan fingerprint density at radius 3 is 2.88 bits per heavy atom. The van der Waals surface area contributed by atoms with Crippen molar-refractivity contribution in [2.24, 2.45) is 0 Å². The van der Waals surface area contributed by atoms with E-state index in [1.807, 2.05) is 0 Å². The van der Waals surface area contributed by atoms with Crippen molar-refractivity contribution in [2.45, 2.75) is 20.1 Å². The van der Waals surface area contributed by atoms with Gasteiger partial charge in [-0.15, -0.1) is 5.10 Å². The molecule has 2 rings (SSSR count). The van der Waals surface area contributed by atoms with E-state index in [-0.39, 0.29) is 13.2 Å². The molecule has 0 bridgehead atoms. The molecule has 0 fully saturated rings. The summed E-state index contributed by atoms with van der Waals surface area (Å²) in [6.45, 7) is 2.16. The molecule has 0 saturated carbocycles. The molecule has 0 N–H and O–H groups in total. The number of rotatable bonds is 4. The molecule has 0 unspecified atom stereocenters. The summed E-state index contributed by atoms with van der Waals surface area (Å²) in [5, 5.41) is 11.0. The van der Waals surface area contributed by atoms with Crippen molar-refractivity contribution in [2.75, 3.05) is 7.11 Å². The second-order valence-electron chi connectivity index (χ2n) is 3.12. The van der Waals surface area contributed by atoms with Gasteiger partial charge in [0, 0.05) is 7.11 Å². The predicted molar refractivity (Wildman–Crippen MR) is 49.6 cm³/mol. The van der Waals surface area contributed by atoms with E-state index in [9.17, 15) is 4.79 Å². The first-order chi connectivity index (χ1) is 7.70. The summed E-state index contributed by atoms with van der Waals surface area (Å²) < 4.78 is 16.0. The number of hydrogen-bond donors (Lipinski definition) is 0. The van der Waals surface area contributed by atoms with Gasteiger partial charge in [0.05, 0.1) is 0 Å². The van der Waals surface area contributed by atoms with E-state index in [2.05, 4.69) is 15.5 Å². The summed E-state index contributed by atoms with van der Waals surface area (Å²) in [5.41, 5.74) is 0. The highest BCUT2D eigenvalue weighted by Crippen LogP contribution is 2.07. The maximum absolute atomic E-state index is 10.8. The van der Waals surface area contributed by atoms with Gasteiger partial charge >= 0.3 is 5.82 Å². The number of hydrogen-bond acceptors (Lipinski definition) is 7. The van der Waals surface area contributed by atoms with Crippen molar-refractivity contribution in [3.8, 4) is 0 Å². The van der Waals surface area contributed by atoms with Crippen LogP contribution in [0.25, 0.3) is 0 Å². The lowest BCUT2D eigenvalue weighted by Gasteiger charge is -2.00. The number of aromatic nitrogens is 4. The van der Waals surface area contributed by atoms with Gasteiger partial charge in [0.15, 0.2) is 11.6 Å². The Kier molecular flexibility index (Phi) is 2.82. The van der Waals surface area contributed by atoms with Crippen LogP contribution < -0.4 is 5.82 Å². The summed E-state index contributed by atoms with van der Waals surface area (Å²) in [4.78, 5) is 10.8. The molecule has 0 aromatic carbocycles. The zero-order chi connectivity index (χ0) is 11.5. The maximum Gasteiger partial charge on any atom is 0.519 e. The van der Waals surface area contributed by atoms with Crippen molar-refractivity contribution in [1.29, 1.82) is 0 Å². The summed E-state index contributed by atoms with van der Waals surface area (Å²) in [5.74, 6) is 0.637. The van der Waals surface area contributed by atoms with Gasteiger partial charge < -0.3 is 13.6 Å². The number of ether oxygens (including phenoxy) is 1. The van der Waals surface area contributed by atoms with Crippen molar-refractivity contribution >= 4 is 0 Å². The lowest BCUT2D eigenvalue weighted by molar-refractivity contribution is 0.173. The molecule has 2 aromatic rings. The molecule has 0 atom stereocenters. The molecule has 8 nitrogen and oxygen atoms in total. The minimum atomic E-state index is -0.728. The third kappa shape index (κ3) is 2.01. The molecule has 2 heterocycles. The minimum Gasteiger partial charge on any atom is -0.396 e. The fourth-order valence-corrected chi connectivity index (χ4v) is 1.23. The molecular weight excluding hydrogens is 216 g/mol. The van der Waals surface area contributed by atoms with Gasteiger partial charge in [-0.1, -0.05) is 0 Å². The molecule has 0 amide bonds. The van der Waals surface area contributed by atoms with Gasteiger partial charge in [-0.2, -0.15) is 0 Å². The molecule has 0 spiro atoms. The highest BCUT2D eigenvalue weighted by atomic mass is 16.6. The van der Waals surface area contributed by atoms with Gasteiger partial charge in [0.25, 0.3) is 0 Å². The lowest BCUT2D eigenvalue weighted by atomic mass is 10.4. The summed E-state index contributed by atoms with van der Waals surface area (Å²) >= 11 is 0. The topological polar surface area (TPSA) is 96.2 Å². The maximum atomic E-state index is 10.8. The molecular formula is C8H10N4O4.